The van der Waals surface area contributed by atoms with Crippen LogP contribution in [0.1, 0.15) is 6.93 Å². The summed E-state index contributed by atoms with van der Waals surface area (Å²) in [6.45, 7) is 0. The van der Waals surface area contributed by atoms with E-state index in [9.17, 15) is 9.59 Å². The normalized spacial score (nSPS) is 15.2. The van der Waals surface area contributed by atoms with Crippen molar-refractivity contribution in [2.45, 2.75) is 12.0 Å². The summed E-state index contributed by atoms with van der Waals surface area (Å²) in [7, 11) is 0. The molecule has 0 amide bonds. The highest BCUT2D eigenvalue weighted by Crippen LogP contribution is 2.21. The van der Waals surface area contributed by atoms with Gasteiger partial charge in [-0.3, -0.25) is 0 Å². The molecule has 1 atom stereocenters. The predicted molar refractivity (Wildman–Crippen MR) is 62.6 cm³/mol. The maximum absolute atomic E-state index is 11.1. The van der Waals surface area contributed by atoms with Crippen LogP contribution >= 0.6 is 0 Å². The smallest absolute Gasteiger partial charge is 0.331 e. The maximum atomic E-state index is 11.1. The Kier molecular flexibility index (Phi) is 2.38. The Morgan fingerprint density at radius 3 is 2.94 bits per heavy atom. The number of carbonyl (C=O) groups excluding carboxylic acids is 1. The van der Waals surface area contributed by atoms with Crippen LogP contribution in [0.25, 0.3) is 10.9 Å². The summed E-state index contributed by atoms with van der Waals surface area (Å²) in [6.07, 6.45) is 0.0904. The van der Waals surface area contributed by atoms with E-state index >= 15 is 0 Å². The molecular weight excluding hydrogens is 220 g/mol. The van der Waals surface area contributed by atoms with Crippen LogP contribution in [0.15, 0.2) is 30.5 Å². The van der Waals surface area contributed by atoms with E-state index in [2.05, 4.69) is 4.98 Å². The number of carboxylic acids is 1. The molecule has 0 aliphatic carbocycles. The number of aromatic nitrogens is 1. The Balaban J connectivity index is 2.44. The van der Waals surface area contributed by atoms with Gasteiger partial charge < -0.3 is 20.6 Å². The third kappa shape index (κ3) is 1.92. The van der Waals surface area contributed by atoms with Crippen molar-refractivity contribution in [3.8, 4) is 0 Å². The van der Waals surface area contributed by atoms with Crippen LogP contribution in [0.5, 0.6) is 0 Å². The van der Waals surface area contributed by atoms with Gasteiger partial charge in [0.1, 0.15) is 1.37 Å². The number of aliphatic carboxylic acids is 1. The number of para-hydroxylation sites is 1. The first-order valence-electron chi connectivity index (χ1n) is 5.53. The van der Waals surface area contributed by atoms with Crippen LogP contribution in [-0.4, -0.2) is 27.9 Å². The van der Waals surface area contributed by atoms with E-state index in [-0.39, 0.29) is 6.42 Å². The monoisotopic (exact) mass is 233 g/mol. The minimum absolute atomic E-state index is 0.214. The number of rotatable bonds is 4. The van der Waals surface area contributed by atoms with Crippen molar-refractivity contribution in [3.63, 3.8) is 0 Å². The number of nitrogens with two attached hydrogens (primary N) is 1. The molecule has 5 heteroatoms. The molecule has 0 saturated carbocycles. The summed E-state index contributed by atoms with van der Waals surface area (Å²) in [6, 6.07) is 7.28. The number of aromatic amines is 1. The zero-order valence-electron chi connectivity index (χ0n) is 9.93. The van der Waals surface area contributed by atoms with Crippen LogP contribution in [-0.2, 0) is 16.0 Å². The molecule has 0 saturated heterocycles. The molecule has 88 valence electrons. The summed E-state index contributed by atoms with van der Waals surface area (Å²) in [5.74, 6) is -1.49. The van der Waals surface area contributed by atoms with Crippen LogP contribution in [0.4, 0.5) is 0 Å². The third-order valence-corrected chi connectivity index (χ3v) is 2.71. The molecular formula is C12H12N2O3. The first-order chi connectivity index (χ1) is 8.45. The summed E-state index contributed by atoms with van der Waals surface area (Å²) in [5, 5.41) is 9.80. The van der Waals surface area contributed by atoms with Crippen LogP contribution in [0.3, 0.4) is 0 Å². The van der Waals surface area contributed by atoms with E-state index in [0.717, 1.165) is 10.9 Å². The number of benzene rings is 1. The molecule has 1 aromatic carbocycles. The zero-order chi connectivity index (χ0) is 13.3. The fourth-order valence-corrected chi connectivity index (χ4v) is 1.73. The molecule has 1 unspecified atom stereocenters. The van der Waals surface area contributed by atoms with Gasteiger partial charge in [-0.2, -0.15) is 0 Å². The Hall–Kier alpha value is -2.14. The third-order valence-electron chi connectivity index (χ3n) is 2.71. The molecule has 5 nitrogen and oxygen atoms in total. The van der Waals surface area contributed by atoms with Crippen molar-refractivity contribution in [1.29, 1.82) is 0 Å². The van der Waals surface area contributed by atoms with Crippen LogP contribution in [0, 0.1) is 0 Å². The highest BCUT2D eigenvalue weighted by molar-refractivity contribution is 5.98. The van der Waals surface area contributed by atoms with Gasteiger partial charge in [-0.25, -0.2) is 4.79 Å². The highest BCUT2D eigenvalue weighted by atomic mass is 16.4. The first kappa shape index (κ1) is 10.0. The van der Waals surface area contributed by atoms with Crippen molar-refractivity contribution in [2.75, 3.05) is 0 Å². The number of hydrogen-bond donors (Lipinski definition) is 3. The number of carboxylic acid groups (broad SMARTS) is 1. The summed E-state index contributed by atoms with van der Waals surface area (Å²) in [5.41, 5.74) is 4.75. The number of fused-ring (bicyclic) bond motifs is 1. The van der Waals surface area contributed by atoms with E-state index in [1.807, 2.05) is 12.1 Å². The van der Waals surface area contributed by atoms with E-state index in [1.165, 1.54) is 0 Å². The van der Waals surface area contributed by atoms with Crippen molar-refractivity contribution in [3.05, 3.63) is 36.0 Å². The van der Waals surface area contributed by atoms with E-state index in [1.54, 1.807) is 18.3 Å². The van der Waals surface area contributed by atoms with Gasteiger partial charge in [0, 0.05) is 23.5 Å². The molecule has 2 rings (SSSR count). The topological polar surface area (TPSA) is 96.2 Å². The minimum Gasteiger partial charge on any atom is -0.480 e. The lowest BCUT2D eigenvalue weighted by Gasteiger charge is -2.16. The van der Waals surface area contributed by atoms with Gasteiger partial charge in [-0.1, -0.05) is 18.2 Å². The Morgan fingerprint density at radius 1 is 1.59 bits per heavy atom. The zero-order valence-corrected chi connectivity index (χ0v) is 8.93. The molecule has 4 N–H and O–H groups in total. The molecule has 0 spiro atoms. The van der Waals surface area contributed by atoms with Crippen molar-refractivity contribution >= 4 is 23.1 Å². The Morgan fingerprint density at radius 2 is 2.29 bits per heavy atom. The lowest BCUT2D eigenvalue weighted by atomic mass is 9.93. The Labute approximate surface area is 98.6 Å². The predicted octanol–water partition coefficient (Wildman–Crippen LogP) is 0.691. The number of carbonyl (C=O) groups is 2. The molecule has 0 aliphatic heterocycles. The number of hydrogen-bond acceptors (Lipinski definition) is 3. The largest absolute Gasteiger partial charge is 0.480 e. The van der Waals surface area contributed by atoms with E-state index in [0.29, 0.717) is 5.56 Å². The van der Waals surface area contributed by atoms with Gasteiger partial charge in [0.2, 0.25) is 0 Å². The first-order valence-corrected chi connectivity index (χ1v) is 5.03. The molecule has 2 aromatic rings. The second-order valence-electron chi connectivity index (χ2n) is 3.91. The average molecular weight is 233 g/mol. The number of aldehydes is 1. The number of H-pyrrole nitrogens is 1. The van der Waals surface area contributed by atoms with Crippen molar-refractivity contribution in [2.24, 2.45) is 5.73 Å². The van der Waals surface area contributed by atoms with Crippen molar-refractivity contribution < 1.29 is 16.1 Å². The van der Waals surface area contributed by atoms with Crippen molar-refractivity contribution in [1.82, 2.24) is 4.98 Å². The summed E-state index contributed by atoms with van der Waals surface area (Å²) >= 11 is 0. The minimum atomic E-state index is -2.20. The van der Waals surface area contributed by atoms with Crippen LogP contribution < -0.4 is 5.73 Å². The maximum Gasteiger partial charge on any atom is 0.331 e. The fourth-order valence-electron chi connectivity index (χ4n) is 1.73. The molecule has 0 aliphatic rings. The second-order valence-corrected chi connectivity index (χ2v) is 3.91. The van der Waals surface area contributed by atoms with Gasteiger partial charge >= 0.3 is 5.97 Å². The van der Waals surface area contributed by atoms with Gasteiger partial charge in [0.05, 0.1) is 0 Å². The highest BCUT2D eigenvalue weighted by Gasteiger charge is 2.34. The molecule has 1 heterocycles. The molecule has 0 radical (unpaired) electrons. The number of nitrogens with one attached hydrogen (secondary N) is 1. The SMILES string of the molecule is [2H]C(=O)C(N)(Cc1c[nH]c2ccccc12)C(=O)O. The standard InChI is InChI=1S/C12H12N2O3/c13-12(7-15,11(16)17)5-8-6-14-10-4-2-1-3-9(8)10/h1-4,6-7,14H,5,13H2,(H,16,17)/i7D. The average Bonchev–Trinajstić information content (AvgIpc) is 2.72. The van der Waals surface area contributed by atoms with Gasteiger partial charge in [-0.05, 0) is 11.6 Å². The van der Waals surface area contributed by atoms with Gasteiger partial charge in [0.25, 0.3) is 0 Å². The fraction of sp³-hybridized carbons (Fsp3) is 0.167. The second kappa shape index (κ2) is 4.03. The molecule has 0 bridgehead atoms. The van der Waals surface area contributed by atoms with Gasteiger partial charge in [-0.15, -0.1) is 0 Å². The van der Waals surface area contributed by atoms with Gasteiger partial charge in [0.15, 0.2) is 11.8 Å². The molecule has 0 fully saturated rings. The Bertz CT molecular complexity index is 607. The summed E-state index contributed by atoms with van der Waals surface area (Å²) < 4.78 is 7.02. The quantitative estimate of drug-likeness (QED) is 0.534. The van der Waals surface area contributed by atoms with E-state index in [4.69, 9.17) is 12.2 Å². The van der Waals surface area contributed by atoms with Crippen LogP contribution in [0.2, 0.25) is 0 Å². The molecule has 17 heavy (non-hydrogen) atoms. The lowest BCUT2D eigenvalue weighted by molar-refractivity contribution is -0.145. The molecule has 1 aromatic heterocycles. The summed E-state index contributed by atoms with van der Waals surface area (Å²) in [4.78, 5) is 25.1. The lowest BCUT2D eigenvalue weighted by Crippen LogP contribution is -2.51. The van der Waals surface area contributed by atoms with E-state index < -0.39 is 17.8 Å².